The zero-order valence-electron chi connectivity index (χ0n) is 12.1. The van der Waals surface area contributed by atoms with E-state index in [4.69, 9.17) is 13.9 Å². The van der Waals surface area contributed by atoms with Crippen LogP contribution in [0.2, 0.25) is 0 Å². The van der Waals surface area contributed by atoms with E-state index in [0.29, 0.717) is 5.75 Å². The fraction of sp³-hybridized carbons (Fsp3) is 0.250. The van der Waals surface area contributed by atoms with Gasteiger partial charge in [-0.15, -0.1) is 0 Å². The van der Waals surface area contributed by atoms with E-state index in [1.807, 2.05) is 0 Å². The number of carbonyl (C=O) groups is 2. The summed E-state index contributed by atoms with van der Waals surface area (Å²) in [5, 5.41) is 0. The average Bonchev–Trinajstić information content (AvgIpc) is 2.95. The highest BCUT2D eigenvalue weighted by Crippen LogP contribution is 2.26. The second kappa shape index (κ2) is 6.26. The summed E-state index contributed by atoms with van der Waals surface area (Å²) in [4.78, 5) is 22.6. The van der Waals surface area contributed by atoms with Crippen LogP contribution in [0, 0.1) is 0 Å². The number of methoxy groups -OCH3 is 1. The minimum absolute atomic E-state index is 0.160. The van der Waals surface area contributed by atoms with Gasteiger partial charge in [0, 0.05) is 13.0 Å². The van der Waals surface area contributed by atoms with E-state index in [9.17, 15) is 9.59 Å². The minimum atomic E-state index is -0.336. The largest absolute Gasteiger partial charge is 0.469 e. The smallest absolute Gasteiger partial charge is 0.312 e. The first-order valence-corrected chi connectivity index (χ1v) is 6.47. The topological polar surface area (TPSA) is 65.7 Å². The van der Waals surface area contributed by atoms with Crippen molar-refractivity contribution in [3.63, 3.8) is 0 Å². The molecule has 0 bridgehead atoms. The van der Waals surface area contributed by atoms with Gasteiger partial charge in [-0.25, -0.2) is 0 Å². The van der Waals surface area contributed by atoms with Crippen LogP contribution in [0.4, 0.5) is 0 Å². The van der Waals surface area contributed by atoms with Crippen molar-refractivity contribution in [3.8, 4) is 11.7 Å². The van der Waals surface area contributed by atoms with Gasteiger partial charge in [0.05, 0.1) is 13.0 Å². The lowest BCUT2D eigenvalue weighted by molar-refractivity contribution is -0.141. The summed E-state index contributed by atoms with van der Waals surface area (Å²) in [6.07, 6.45) is 0. The Balaban J connectivity index is 2.08. The van der Waals surface area contributed by atoms with Crippen LogP contribution in [0.3, 0.4) is 0 Å². The van der Waals surface area contributed by atoms with Crippen molar-refractivity contribution in [3.05, 3.63) is 47.7 Å². The zero-order chi connectivity index (χ0) is 15.4. The molecule has 2 aromatic rings. The van der Waals surface area contributed by atoms with Crippen LogP contribution < -0.4 is 4.74 Å². The molecule has 21 heavy (non-hydrogen) atoms. The maximum absolute atomic E-state index is 11.5. The lowest BCUT2D eigenvalue weighted by Crippen LogP contribution is -2.10. The molecule has 0 saturated heterocycles. The molecule has 0 aliphatic carbocycles. The highest BCUT2D eigenvalue weighted by Gasteiger charge is 2.15. The molecule has 1 atom stereocenters. The molecule has 0 saturated carbocycles. The highest BCUT2D eigenvalue weighted by molar-refractivity contribution is 5.91. The van der Waals surface area contributed by atoms with E-state index in [1.165, 1.54) is 14.0 Å². The summed E-state index contributed by atoms with van der Waals surface area (Å²) in [7, 11) is 1.36. The average molecular weight is 288 g/mol. The molecular formula is C16H16O5. The number of benzene rings is 1. The SMILES string of the molecule is COC(=O)C(C)c1ccc(Oc2ccc(C(C)=O)o2)cc1. The Kier molecular flexibility index (Phi) is 4.42. The molecule has 0 N–H and O–H groups in total. The quantitative estimate of drug-likeness (QED) is 0.621. The van der Waals surface area contributed by atoms with Crippen molar-refractivity contribution in [2.24, 2.45) is 0 Å². The Bertz CT molecular complexity index is 639. The third-order valence-electron chi connectivity index (χ3n) is 3.08. The first-order chi connectivity index (χ1) is 10.0. The summed E-state index contributed by atoms with van der Waals surface area (Å²) >= 11 is 0. The maximum atomic E-state index is 11.5. The first-order valence-electron chi connectivity index (χ1n) is 6.47. The van der Waals surface area contributed by atoms with Crippen molar-refractivity contribution >= 4 is 11.8 Å². The second-order valence-electron chi connectivity index (χ2n) is 4.59. The first kappa shape index (κ1) is 14.8. The van der Waals surface area contributed by atoms with Crippen LogP contribution in [-0.2, 0) is 9.53 Å². The predicted molar refractivity (Wildman–Crippen MR) is 75.7 cm³/mol. The number of furan rings is 1. The van der Waals surface area contributed by atoms with Crippen molar-refractivity contribution in [1.29, 1.82) is 0 Å². The molecule has 2 rings (SSSR count). The maximum Gasteiger partial charge on any atom is 0.312 e. The molecule has 1 aromatic carbocycles. The lowest BCUT2D eigenvalue weighted by atomic mass is 10.0. The monoisotopic (exact) mass is 288 g/mol. The molecule has 0 fully saturated rings. The van der Waals surface area contributed by atoms with Gasteiger partial charge in [-0.2, -0.15) is 0 Å². The lowest BCUT2D eigenvalue weighted by Gasteiger charge is -2.10. The van der Waals surface area contributed by atoms with E-state index >= 15 is 0 Å². The Morgan fingerprint density at radius 2 is 1.76 bits per heavy atom. The molecule has 1 heterocycles. The van der Waals surface area contributed by atoms with Crippen LogP contribution in [-0.4, -0.2) is 18.9 Å². The normalized spacial score (nSPS) is 11.8. The van der Waals surface area contributed by atoms with E-state index < -0.39 is 0 Å². The van der Waals surface area contributed by atoms with Crippen molar-refractivity contribution < 1.29 is 23.5 Å². The fourth-order valence-electron chi connectivity index (χ4n) is 1.82. The Morgan fingerprint density at radius 3 is 2.29 bits per heavy atom. The van der Waals surface area contributed by atoms with Gasteiger partial charge in [-0.3, -0.25) is 9.59 Å². The van der Waals surface area contributed by atoms with Gasteiger partial charge >= 0.3 is 5.97 Å². The van der Waals surface area contributed by atoms with Gasteiger partial charge in [-0.05, 0) is 30.7 Å². The number of ether oxygens (including phenoxy) is 2. The summed E-state index contributed by atoms with van der Waals surface area (Å²) in [6.45, 7) is 3.19. The summed E-state index contributed by atoms with van der Waals surface area (Å²) in [5.74, 6) is 0.264. The van der Waals surface area contributed by atoms with Gasteiger partial charge in [0.15, 0.2) is 11.5 Å². The Morgan fingerprint density at radius 1 is 1.10 bits per heavy atom. The summed E-state index contributed by atoms with van der Waals surface area (Å²) in [5.41, 5.74) is 0.832. The zero-order valence-corrected chi connectivity index (χ0v) is 12.1. The number of esters is 1. The number of hydrogen-bond donors (Lipinski definition) is 0. The fourth-order valence-corrected chi connectivity index (χ4v) is 1.82. The molecule has 0 aliphatic rings. The van der Waals surface area contributed by atoms with Gasteiger partial charge in [0.25, 0.3) is 5.95 Å². The second-order valence-corrected chi connectivity index (χ2v) is 4.59. The number of carbonyl (C=O) groups excluding carboxylic acids is 2. The molecular weight excluding hydrogens is 272 g/mol. The molecule has 1 aromatic heterocycles. The predicted octanol–water partition coefficient (Wildman–Crippen LogP) is 3.55. The highest BCUT2D eigenvalue weighted by atomic mass is 16.6. The van der Waals surface area contributed by atoms with Crippen LogP contribution in [0.15, 0.2) is 40.8 Å². The number of Topliss-reactive ketones (excluding diaryl/α,β-unsaturated/α-hetero) is 1. The summed E-state index contributed by atoms with van der Waals surface area (Å²) < 4.78 is 15.4. The molecule has 0 radical (unpaired) electrons. The van der Waals surface area contributed by atoms with Gasteiger partial charge < -0.3 is 13.9 Å². The van der Waals surface area contributed by atoms with Gasteiger partial charge in [0.2, 0.25) is 0 Å². The van der Waals surface area contributed by atoms with E-state index in [0.717, 1.165) is 5.56 Å². The Hall–Kier alpha value is -2.56. The number of hydrogen-bond acceptors (Lipinski definition) is 5. The van der Waals surface area contributed by atoms with E-state index in [-0.39, 0.29) is 29.4 Å². The molecule has 0 spiro atoms. The molecule has 1 unspecified atom stereocenters. The van der Waals surface area contributed by atoms with Crippen molar-refractivity contribution in [1.82, 2.24) is 0 Å². The van der Waals surface area contributed by atoms with Gasteiger partial charge in [0.1, 0.15) is 5.75 Å². The standard InChI is InChI=1S/C16H16O5/c1-10(16(18)19-3)12-4-6-13(7-5-12)20-15-9-8-14(21-15)11(2)17/h4-10H,1-3H3. The number of ketones is 1. The molecule has 110 valence electrons. The third-order valence-corrected chi connectivity index (χ3v) is 3.08. The number of rotatable bonds is 5. The Labute approximate surface area is 122 Å². The van der Waals surface area contributed by atoms with Crippen LogP contribution in [0.25, 0.3) is 0 Å². The molecule has 0 aliphatic heterocycles. The molecule has 5 heteroatoms. The van der Waals surface area contributed by atoms with E-state index in [1.54, 1.807) is 43.3 Å². The van der Waals surface area contributed by atoms with Crippen LogP contribution in [0.5, 0.6) is 11.7 Å². The minimum Gasteiger partial charge on any atom is -0.469 e. The van der Waals surface area contributed by atoms with Crippen molar-refractivity contribution in [2.75, 3.05) is 7.11 Å². The molecule has 0 amide bonds. The van der Waals surface area contributed by atoms with Gasteiger partial charge in [-0.1, -0.05) is 12.1 Å². The van der Waals surface area contributed by atoms with E-state index in [2.05, 4.69) is 0 Å². The molecule has 5 nitrogen and oxygen atoms in total. The van der Waals surface area contributed by atoms with Crippen LogP contribution >= 0.6 is 0 Å². The summed E-state index contributed by atoms with van der Waals surface area (Å²) in [6, 6.07) is 10.2. The third kappa shape index (κ3) is 3.51. The van der Waals surface area contributed by atoms with Crippen LogP contribution in [0.1, 0.15) is 35.9 Å². The van der Waals surface area contributed by atoms with Crippen molar-refractivity contribution in [2.45, 2.75) is 19.8 Å².